The Morgan fingerprint density at radius 1 is 1.35 bits per heavy atom. The third-order valence-corrected chi connectivity index (χ3v) is 16.1. The molecule has 0 aromatic heterocycles. The van der Waals surface area contributed by atoms with Gasteiger partial charge < -0.3 is 13.6 Å². The van der Waals surface area contributed by atoms with Crippen LogP contribution in [0, 0.1) is 0 Å². The third-order valence-electron chi connectivity index (χ3n) is 2.97. The van der Waals surface area contributed by atoms with Crippen molar-refractivity contribution in [3.05, 3.63) is 12.7 Å². The van der Waals surface area contributed by atoms with E-state index in [1.54, 1.807) is 14.2 Å². The summed E-state index contributed by atoms with van der Waals surface area (Å²) in [6, 6.07) is 0. The molecule has 0 heterocycles. The number of carbonyl (C=O) groups excluding carboxylic acids is 1. The van der Waals surface area contributed by atoms with Gasteiger partial charge in [-0.3, -0.25) is 0 Å². The number of ether oxygens (including phenoxy) is 1. The molecule has 0 N–H and O–H groups in total. The average molecular weight is 290 g/mol. The highest BCUT2D eigenvalue weighted by atomic mass is 28.4. The van der Waals surface area contributed by atoms with Crippen LogP contribution in [0.25, 0.3) is 0 Å². The Kier molecular flexibility index (Phi) is 6.56. The number of esters is 1. The predicted molar refractivity (Wildman–Crippen MR) is 73.8 cm³/mol. The summed E-state index contributed by atoms with van der Waals surface area (Å²) in [4.78, 5) is 11.2. The van der Waals surface area contributed by atoms with Crippen LogP contribution in [0.1, 0.15) is 0 Å². The van der Waals surface area contributed by atoms with Gasteiger partial charge in [-0.05, 0) is 24.4 Å². The van der Waals surface area contributed by atoms with E-state index >= 15 is 0 Å². The fourth-order valence-electron chi connectivity index (χ4n) is 1.39. The van der Waals surface area contributed by atoms with Crippen LogP contribution in [0.5, 0.6) is 0 Å². The van der Waals surface area contributed by atoms with Crippen molar-refractivity contribution in [2.24, 2.45) is 0 Å². The molecule has 2 atom stereocenters. The van der Waals surface area contributed by atoms with Gasteiger partial charge in [0.05, 0.1) is 0 Å². The molecule has 0 fully saturated rings. The first-order chi connectivity index (χ1) is 7.73. The van der Waals surface area contributed by atoms with Gasteiger partial charge in [-0.1, -0.05) is 6.58 Å². The van der Waals surface area contributed by atoms with Gasteiger partial charge in [-0.25, -0.2) is 4.79 Å². The average Bonchev–Trinajstić information content (AvgIpc) is 2.34. The van der Waals surface area contributed by atoms with E-state index in [0.717, 1.165) is 6.08 Å². The maximum atomic E-state index is 11.1. The highest BCUT2D eigenvalue weighted by Crippen LogP contribution is 2.30. The Morgan fingerprint density at radius 3 is 2.24 bits per heavy atom. The van der Waals surface area contributed by atoms with Crippen LogP contribution in [0.3, 0.4) is 0 Å². The molecular formula is C10H21O4Si3. The van der Waals surface area contributed by atoms with E-state index in [4.69, 9.17) is 13.6 Å². The zero-order valence-corrected chi connectivity index (χ0v) is 14.2. The van der Waals surface area contributed by atoms with E-state index in [0.29, 0.717) is 6.23 Å². The number of hydrogen-bond acceptors (Lipinski definition) is 4. The maximum Gasteiger partial charge on any atom is 0.329 e. The van der Waals surface area contributed by atoms with Gasteiger partial charge >= 0.3 is 5.97 Å². The molecule has 3 radical (unpaired) electrons. The summed E-state index contributed by atoms with van der Waals surface area (Å²) in [6.45, 7) is 9.59. The van der Waals surface area contributed by atoms with E-state index in [9.17, 15) is 4.79 Å². The normalized spacial score (nSPS) is 17.1. The molecule has 0 saturated carbocycles. The Balaban J connectivity index is 4.76. The summed E-state index contributed by atoms with van der Waals surface area (Å²) in [5.74, 6) is -0.420. The molecule has 0 saturated heterocycles. The molecule has 97 valence electrons. The second kappa shape index (κ2) is 6.64. The van der Waals surface area contributed by atoms with Crippen LogP contribution >= 0.6 is 0 Å². The standard InChI is InChI=1S/C10H21O4Si3/c1-7-9(11)14-8-17(6,13-3)10(15)16(4,5)12-2/h7,10H,1,8H2,2-6H3. The van der Waals surface area contributed by atoms with Crippen LogP contribution < -0.4 is 0 Å². The fourth-order valence-corrected chi connectivity index (χ4v) is 10.4. The summed E-state index contributed by atoms with van der Waals surface area (Å²) in [6.07, 6.45) is 1.45. The lowest BCUT2D eigenvalue weighted by atomic mass is 10.7. The van der Waals surface area contributed by atoms with Gasteiger partial charge in [0.1, 0.15) is 6.23 Å². The van der Waals surface area contributed by atoms with Crippen molar-refractivity contribution >= 4 is 32.8 Å². The maximum absolute atomic E-state index is 11.1. The molecule has 0 aromatic carbocycles. The van der Waals surface area contributed by atoms with Crippen molar-refractivity contribution in [3.63, 3.8) is 0 Å². The smallest absolute Gasteiger partial charge is 0.329 e. The van der Waals surface area contributed by atoms with E-state index in [2.05, 4.69) is 29.9 Å². The van der Waals surface area contributed by atoms with Crippen molar-refractivity contribution < 1.29 is 18.4 Å². The van der Waals surface area contributed by atoms with Crippen molar-refractivity contribution in [2.75, 3.05) is 20.4 Å². The lowest BCUT2D eigenvalue weighted by molar-refractivity contribution is -0.136. The first kappa shape index (κ1) is 16.8. The highest BCUT2D eigenvalue weighted by Gasteiger charge is 2.46. The van der Waals surface area contributed by atoms with Crippen LogP contribution in [0.4, 0.5) is 0 Å². The monoisotopic (exact) mass is 289 g/mol. The number of hydrogen-bond donors (Lipinski definition) is 0. The number of rotatable bonds is 7. The Bertz CT molecular complexity index is 283. The van der Waals surface area contributed by atoms with E-state index in [1.165, 1.54) is 0 Å². The van der Waals surface area contributed by atoms with Crippen LogP contribution in [-0.2, 0) is 18.4 Å². The van der Waals surface area contributed by atoms with Gasteiger partial charge in [0.25, 0.3) is 0 Å². The molecule has 0 rings (SSSR count). The van der Waals surface area contributed by atoms with Crippen molar-refractivity contribution in [2.45, 2.75) is 24.4 Å². The van der Waals surface area contributed by atoms with Gasteiger partial charge in [-0.2, -0.15) is 0 Å². The lowest BCUT2D eigenvalue weighted by Crippen LogP contribution is -2.55. The molecule has 17 heavy (non-hydrogen) atoms. The molecule has 7 heteroatoms. The Morgan fingerprint density at radius 2 is 1.88 bits per heavy atom. The third kappa shape index (κ3) is 4.51. The summed E-state index contributed by atoms with van der Waals surface area (Å²) >= 11 is 0. The molecule has 0 aliphatic heterocycles. The molecule has 4 nitrogen and oxygen atoms in total. The first-order valence-corrected chi connectivity index (χ1v) is 11.6. The second-order valence-electron chi connectivity index (χ2n) is 4.57. The fraction of sp³-hybridized carbons (Fsp3) is 0.700. The molecule has 0 spiro atoms. The van der Waals surface area contributed by atoms with Crippen molar-refractivity contribution in [3.8, 4) is 0 Å². The zero-order chi connectivity index (χ0) is 13.7. The van der Waals surface area contributed by atoms with Gasteiger partial charge in [-0.15, -0.1) is 0 Å². The Labute approximate surface area is 109 Å². The van der Waals surface area contributed by atoms with E-state index in [-0.39, 0.29) is 4.79 Å². The van der Waals surface area contributed by atoms with Crippen LogP contribution in [0.2, 0.25) is 24.4 Å². The molecule has 0 bridgehead atoms. The van der Waals surface area contributed by atoms with Crippen LogP contribution in [-0.4, -0.2) is 53.3 Å². The minimum absolute atomic E-state index is 0.127. The van der Waals surface area contributed by atoms with Gasteiger partial charge in [0.2, 0.25) is 8.32 Å². The summed E-state index contributed by atoms with van der Waals surface area (Å²) in [5.41, 5.74) is 0. The molecular weight excluding hydrogens is 268 g/mol. The Hall–Kier alpha value is -0.219. The second-order valence-corrected chi connectivity index (χ2v) is 15.0. The predicted octanol–water partition coefficient (Wildman–Crippen LogP) is 1.36. The summed E-state index contributed by atoms with van der Waals surface area (Å²) < 4.78 is 16.3. The highest BCUT2D eigenvalue weighted by molar-refractivity contribution is 6.98. The lowest BCUT2D eigenvalue weighted by Gasteiger charge is -2.38. The van der Waals surface area contributed by atoms with Gasteiger partial charge in [0.15, 0.2) is 8.32 Å². The van der Waals surface area contributed by atoms with Crippen LogP contribution in [0.15, 0.2) is 12.7 Å². The first-order valence-electron chi connectivity index (χ1n) is 5.34. The topological polar surface area (TPSA) is 44.8 Å². The molecule has 0 amide bonds. The molecule has 0 aromatic rings. The summed E-state index contributed by atoms with van der Waals surface area (Å²) in [7, 11) is 3.00. The molecule has 2 unspecified atom stereocenters. The minimum Gasteiger partial charge on any atom is -0.463 e. The quantitative estimate of drug-likeness (QED) is 0.403. The van der Waals surface area contributed by atoms with E-state index < -0.39 is 22.6 Å². The zero-order valence-electron chi connectivity index (χ0n) is 11.2. The van der Waals surface area contributed by atoms with Crippen molar-refractivity contribution in [1.82, 2.24) is 0 Å². The molecule has 0 aliphatic carbocycles. The van der Waals surface area contributed by atoms with Gasteiger partial charge in [0, 0.05) is 30.5 Å². The van der Waals surface area contributed by atoms with Crippen molar-refractivity contribution in [1.29, 1.82) is 0 Å². The molecule has 0 aliphatic rings. The largest absolute Gasteiger partial charge is 0.463 e. The summed E-state index contributed by atoms with van der Waals surface area (Å²) in [5, 5.41) is 0. The SMILES string of the molecule is C=CC(=O)OC[Si](C)(OC)C([Si])[Si](C)(C)OC. The number of carbonyl (C=O) groups is 1. The minimum atomic E-state index is -2.20. The van der Waals surface area contributed by atoms with E-state index in [1.807, 2.05) is 6.55 Å².